The molecule has 0 fully saturated rings. The normalized spacial score (nSPS) is 10.4. The number of carbonyl (C=O) groups is 1. The molecule has 26 heavy (non-hydrogen) atoms. The van der Waals surface area contributed by atoms with Crippen molar-refractivity contribution in [1.29, 1.82) is 10.5 Å². The van der Waals surface area contributed by atoms with Crippen molar-refractivity contribution in [2.75, 3.05) is 16.8 Å². The highest BCUT2D eigenvalue weighted by Gasteiger charge is 2.21. The lowest BCUT2D eigenvalue weighted by Gasteiger charge is -2.15. The zero-order chi connectivity index (χ0) is 19.3. The number of nitrogens with zero attached hydrogens (tertiary/aromatic N) is 4. The molecule has 0 aromatic carbocycles. The number of hydrogen-bond donors (Lipinski definition) is 2. The second kappa shape index (κ2) is 8.65. The minimum absolute atomic E-state index is 0.0413. The second-order valence-corrected chi connectivity index (χ2v) is 7.73. The Morgan fingerprint density at radius 1 is 1.35 bits per heavy atom. The van der Waals surface area contributed by atoms with E-state index in [9.17, 15) is 15.3 Å². The molecule has 0 spiro atoms. The van der Waals surface area contributed by atoms with E-state index in [0.29, 0.717) is 27.0 Å². The Hall–Kier alpha value is -2.62. The molecular formula is C17H18N6OS2. The van der Waals surface area contributed by atoms with Gasteiger partial charge in [0.25, 0.3) is 0 Å². The van der Waals surface area contributed by atoms with Gasteiger partial charge in [-0.25, -0.2) is 9.97 Å². The molecule has 2 rings (SSSR count). The molecule has 3 N–H and O–H groups in total. The number of hydrogen-bond acceptors (Lipinski definition) is 8. The quantitative estimate of drug-likeness (QED) is 0.728. The lowest BCUT2D eigenvalue weighted by atomic mass is 9.94. The molecule has 0 bridgehead atoms. The van der Waals surface area contributed by atoms with E-state index in [1.54, 1.807) is 0 Å². The Bertz CT molecular complexity index is 907. The largest absolute Gasteiger partial charge is 0.383 e. The lowest BCUT2D eigenvalue weighted by molar-refractivity contribution is -0.115. The zero-order valence-electron chi connectivity index (χ0n) is 14.7. The Kier molecular flexibility index (Phi) is 6.56. The Morgan fingerprint density at radius 3 is 2.58 bits per heavy atom. The van der Waals surface area contributed by atoms with Crippen LogP contribution in [0.25, 0.3) is 0 Å². The maximum absolute atomic E-state index is 12.0. The summed E-state index contributed by atoms with van der Waals surface area (Å²) in [5, 5.41) is 24.4. The summed E-state index contributed by atoms with van der Waals surface area (Å²) in [4.78, 5) is 20.4. The molecule has 0 aliphatic heterocycles. The number of nitrogens with two attached hydrogens (primary N) is 1. The van der Waals surface area contributed by atoms with E-state index in [1.807, 2.05) is 32.2 Å². The fourth-order valence-electron chi connectivity index (χ4n) is 2.34. The van der Waals surface area contributed by atoms with E-state index in [0.717, 1.165) is 5.69 Å². The highest BCUT2D eigenvalue weighted by atomic mass is 32.2. The maximum Gasteiger partial charge on any atom is 0.226 e. The highest BCUT2D eigenvalue weighted by molar-refractivity contribution is 7.99. The molecule has 1 amide bonds. The van der Waals surface area contributed by atoms with Crippen LogP contribution in [0.3, 0.4) is 0 Å². The molecule has 0 aliphatic rings. The summed E-state index contributed by atoms with van der Waals surface area (Å²) < 4.78 is 0. The SMILES string of the molecule is Cc1csc(NC(=O)CCSc2nc(N)c(C#N)c(C(C)C)c2C#N)n1. The number of thioether (sulfide) groups is 1. The van der Waals surface area contributed by atoms with Crippen molar-refractivity contribution in [2.45, 2.75) is 38.1 Å². The molecule has 134 valence electrons. The molecule has 9 heteroatoms. The third kappa shape index (κ3) is 4.51. The number of rotatable bonds is 6. The minimum Gasteiger partial charge on any atom is -0.383 e. The molecule has 0 saturated carbocycles. The van der Waals surface area contributed by atoms with Gasteiger partial charge in [0.05, 0.1) is 16.8 Å². The number of aryl methyl sites for hydroxylation is 1. The first kappa shape index (κ1) is 19.7. The van der Waals surface area contributed by atoms with Crippen LogP contribution in [0.1, 0.15) is 48.6 Å². The number of carbonyl (C=O) groups excluding carboxylic acids is 1. The number of nitrogen functional groups attached to an aromatic ring is 1. The first-order chi connectivity index (χ1) is 12.4. The number of pyridine rings is 1. The topological polar surface area (TPSA) is 128 Å². The average Bonchev–Trinajstić information content (AvgIpc) is 2.98. The van der Waals surface area contributed by atoms with Gasteiger partial charge in [-0.05, 0) is 18.4 Å². The van der Waals surface area contributed by atoms with Gasteiger partial charge in [0.2, 0.25) is 5.91 Å². The van der Waals surface area contributed by atoms with Crippen molar-refractivity contribution in [3.63, 3.8) is 0 Å². The van der Waals surface area contributed by atoms with E-state index in [4.69, 9.17) is 5.73 Å². The molecule has 0 unspecified atom stereocenters. The predicted octanol–water partition coefficient (Wildman–Crippen LogP) is 3.42. The van der Waals surface area contributed by atoms with Crippen molar-refractivity contribution >= 4 is 40.0 Å². The van der Waals surface area contributed by atoms with Crippen LogP contribution in [-0.4, -0.2) is 21.6 Å². The van der Waals surface area contributed by atoms with E-state index in [2.05, 4.69) is 21.4 Å². The smallest absolute Gasteiger partial charge is 0.226 e. The van der Waals surface area contributed by atoms with E-state index in [1.165, 1.54) is 23.1 Å². The maximum atomic E-state index is 12.0. The predicted molar refractivity (Wildman–Crippen MR) is 103 cm³/mol. The van der Waals surface area contributed by atoms with Crippen LogP contribution < -0.4 is 11.1 Å². The number of anilines is 2. The average molecular weight is 387 g/mol. The summed E-state index contributed by atoms with van der Waals surface area (Å²) >= 11 is 2.65. The standard InChI is InChI=1S/C17H18N6OS2/c1-9(2)14-11(6-18)15(20)23-16(12(14)7-19)25-5-4-13(24)22-17-21-10(3)8-26-17/h8-9H,4-5H2,1-3H3,(H2,20,23)(H,21,22,24). The Labute approximate surface area is 160 Å². The summed E-state index contributed by atoms with van der Waals surface area (Å²) in [6.45, 7) is 5.65. The number of nitrogens with one attached hydrogen (secondary N) is 1. The van der Waals surface area contributed by atoms with Gasteiger partial charge in [-0.3, -0.25) is 4.79 Å². The molecule has 2 aromatic rings. The summed E-state index contributed by atoms with van der Waals surface area (Å²) in [6, 6.07) is 4.16. The van der Waals surface area contributed by atoms with Crippen molar-refractivity contribution in [1.82, 2.24) is 9.97 Å². The summed E-state index contributed by atoms with van der Waals surface area (Å²) in [6.07, 6.45) is 0.243. The van der Waals surface area contributed by atoms with Crippen LogP contribution in [0.4, 0.5) is 10.9 Å². The van der Waals surface area contributed by atoms with E-state index in [-0.39, 0.29) is 29.6 Å². The molecular weight excluding hydrogens is 368 g/mol. The molecule has 0 atom stereocenters. The summed E-state index contributed by atoms with van der Waals surface area (Å²) in [5.41, 5.74) is 7.95. The van der Waals surface area contributed by atoms with Gasteiger partial charge in [-0.2, -0.15) is 10.5 Å². The van der Waals surface area contributed by atoms with Crippen LogP contribution in [0.2, 0.25) is 0 Å². The van der Waals surface area contributed by atoms with Crippen LogP contribution in [-0.2, 0) is 4.79 Å². The third-order valence-corrected chi connectivity index (χ3v) is 5.32. The summed E-state index contributed by atoms with van der Waals surface area (Å²) in [7, 11) is 0. The monoisotopic (exact) mass is 386 g/mol. The third-order valence-electron chi connectivity index (χ3n) is 3.46. The zero-order valence-corrected chi connectivity index (χ0v) is 16.3. The van der Waals surface area contributed by atoms with Crippen molar-refractivity contribution < 1.29 is 4.79 Å². The van der Waals surface area contributed by atoms with Crippen LogP contribution >= 0.6 is 23.1 Å². The Balaban J connectivity index is 2.11. The molecule has 2 aromatic heterocycles. The van der Waals surface area contributed by atoms with Crippen LogP contribution in [0.5, 0.6) is 0 Å². The Morgan fingerprint density at radius 2 is 2.04 bits per heavy atom. The van der Waals surface area contributed by atoms with Crippen molar-refractivity contribution in [2.24, 2.45) is 0 Å². The van der Waals surface area contributed by atoms with Gasteiger partial charge in [-0.1, -0.05) is 13.8 Å². The second-order valence-electron chi connectivity index (χ2n) is 5.78. The lowest BCUT2D eigenvalue weighted by Crippen LogP contribution is -2.12. The van der Waals surface area contributed by atoms with Crippen molar-refractivity contribution in [3.05, 3.63) is 27.8 Å². The van der Waals surface area contributed by atoms with Crippen molar-refractivity contribution in [3.8, 4) is 12.1 Å². The summed E-state index contributed by atoms with van der Waals surface area (Å²) in [5.74, 6) is 0.345. The van der Waals surface area contributed by atoms with E-state index < -0.39 is 0 Å². The molecule has 0 aliphatic carbocycles. The molecule has 0 radical (unpaired) electrons. The fourth-order valence-corrected chi connectivity index (χ4v) is 3.99. The number of aromatic nitrogens is 2. The number of nitriles is 2. The van der Waals surface area contributed by atoms with Crippen LogP contribution in [0.15, 0.2) is 10.4 Å². The van der Waals surface area contributed by atoms with Gasteiger partial charge in [0, 0.05) is 17.6 Å². The molecule has 7 nitrogen and oxygen atoms in total. The van der Waals surface area contributed by atoms with Gasteiger partial charge in [-0.15, -0.1) is 23.1 Å². The van der Waals surface area contributed by atoms with Crippen LogP contribution in [0, 0.1) is 29.6 Å². The van der Waals surface area contributed by atoms with Gasteiger partial charge in [0.15, 0.2) is 5.13 Å². The van der Waals surface area contributed by atoms with Gasteiger partial charge >= 0.3 is 0 Å². The number of thiazole rings is 1. The fraction of sp³-hybridized carbons (Fsp3) is 0.353. The molecule has 2 heterocycles. The first-order valence-corrected chi connectivity index (χ1v) is 9.72. The van der Waals surface area contributed by atoms with Gasteiger partial charge in [0.1, 0.15) is 23.0 Å². The van der Waals surface area contributed by atoms with Gasteiger partial charge < -0.3 is 11.1 Å². The molecule has 0 saturated heterocycles. The minimum atomic E-state index is -0.156. The highest BCUT2D eigenvalue weighted by Crippen LogP contribution is 2.33. The van der Waals surface area contributed by atoms with E-state index >= 15 is 0 Å². The number of amides is 1. The first-order valence-electron chi connectivity index (χ1n) is 7.85.